The molecule has 1 aromatic heterocycles. The van der Waals surface area contributed by atoms with Crippen LogP contribution >= 0.6 is 11.8 Å². The van der Waals surface area contributed by atoms with Crippen molar-refractivity contribution < 1.29 is 5.11 Å². The molecule has 0 aromatic carbocycles. The smallest absolute Gasteiger partial charge is 0.0740 e. The highest BCUT2D eigenvalue weighted by Gasteiger charge is 2.36. The first-order valence-corrected chi connectivity index (χ1v) is 6.39. The summed E-state index contributed by atoms with van der Waals surface area (Å²) in [6.07, 6.45) is 4.66. The molecule has 4 heteroatoms. The molecule has 2 rings (SSSR count). The van der Waals surface area contributed by atoms with Crippen LogP contribution in [0.15, 0.2) is 12.3 Å². The Balaban J connectivity index is 1.99. The van der Waals surface area contributed by atoms with Gasteiger partial charge in [0.1, 0.15) is 0 Å². The number of hydrogen-bond acceptors (Lipinski definition) is 3. The number of thioether (sulfide) groups is 1. The molecule has 0 bridgehead atoms. The quantitative estimate of drug-likeness (QED) is 0.851. The molecule has 1 aromatic rings. The number of aromatic nitrogens is 2. The first-order valence-electron chi connectivity index (χ1n) is 5.41. The topological polar surface area (TPSA) is 38.0 Å². The Hall–Kier alpha value is -0.480. The van der Waals surface area contributed by atoms with Crippen molar-refractivity contribution in [1.82, 2.24) is 9.78 Å². The lowest BCUT2D eigenvalue weighted by Gasteiger charge is -2.28. The van der Waals surface area contributed by atoms with E-state index in [1.54, 1.807) is 4.68 Å². The van der Waals surface area contributed by atoms with Gasteiger partial charge in [0.05, 0.1) is 11.8 Å². The molecule has 1 aliphatic rings. The highest BCUT2D eigenvalue weighted by Crippen LogP contribution is 2.41. The highest BCUT2D eigenvalue weighted by atomic mass is 32.2. The van der Waals surface area contributed by atoms with Gasteiger partial charge in [0.25, 0.3) is 0 Å². The number of nitrogens with zero attached hydrogens (tertiary/aromatic N) is 2. The lowest BCUT2D eigenvalue weighted by Crippen LogP contribution is -2.35. The zero-order chi connectivity index (χ0) is 10.9. The Morgan fingerprint density at radius 2 is 2.53 bits per heavy atom. The maximum absolute atomic E-state index is 10.2. The van der Waals surface area contributed by atoms with Gasteiger partial charge < -0.3 is 5.11 Å². The van der Waals surface area contributed by atoms with Gasteiger partial charge in [-0.2, -0.15) is 16.9 Å². The Labute approximate surface area is 94.9 Å². The molecule has 0 saturated carbocycles. The van der Waals surface area contributed by atoms with Crippen LogP contribution in [0.1, 0.15) is 25.5 Å². The third-order valence-corrected chi connectivity index (χ3v) is 4.75. The summed E-state index contributed by atoms with van der Waals surface area (Å²) in [7, 11) is 1.90. The summed E-state index contributed by atoms with van der Waals surface area (Å²) >= 11 is 1.89. The average Bonchev–Trinajstić information content (AvgIpc) is 2.76. The van der Waals surface area contributed by atoms with E-state index in [1.165, 1.54) is 12.2 Å². The third-order valence-electron chi connectivity index (χ3n) is 3.13. The molecule has 2 atom stereocenters. The van der Waals surface area contributed by atoms with Crippen LogP contribution in [0.2, 0.25) is 0 Å². The first kappa shape index (κ1) is 11.0. The minimum absolute atomic E-state index is 0.0392. The fourth-order valence-electron chi connectivity index (χ4n) is 2.05. The minimum Gasteiger partial charge on any atom is -0.391 e. The molecule has 1 aliphatic heterocycles. The Morgan fingerprint density at radius 1 is 1.73 bits per heavy atom. The van der Waals surface area contributed by atoms with Crippen LogP contribution in [0.5, 0.6) is 0 Å². The summed E-state index contributed by atoms with van der Waals surface area (Å²) in [5.74, 6) is 1.18. The molecule has 0 spiro atoms. The molecule has 3 nitrogen and oxygen atoms in total. The van der Waals surface area contributed by atoms with E-state index in [1.807, 2.05) is 31.1 Å². The number of hydrogen-bond donors (Lipinski definition) is 1. The summed E-state index contributed by atoms with van der Waals surface area (Å²) in [6.45, 7) is 2.16. The van der Waals surface area contributed by atoms with Crippen LogP contribution in [0, 0.1) is 0 Å². The molecule has 2 unspecified atom stereocenters. The van der Waals surface area contributed by atoms with Crippen LogP contribution in [0.25, 0.3) is 0 Å². The van der Waals surface area contributed by atoms with Crippen molar-refractivity contribution in [2.24, 2.45) is 7.05 Å². The Morgan fingerprint density at radius 3 is 3.07 bits per heavy atom. The average molecular weight is 226 g/mol. The summed E-state index contributed by atoms with van der Waals surface area (Å²) in [4.78, 5) is 0. The van der Waals surface area contributed by atoms with Gasteiger partial charge in [-0.15, -0.1) is 0 Å². The normalized spacial score (nSPS) is 28.2. The largest absolute Gasteiger partial charge is 0.391 e. The maximum Gasteiger partial charge on any atom is 0.0740 e. The second-order valence-electron chi connectivity index (χ2n) is 4.47. The van der Waals surface area contributed by atoms with Crippen molar-refractivity contribution in [2.45, 2.75) is 37.0 Å². The van der Waals surface area contributed by atoms with Gasteiger partial charge in [0.2, 0.25) is 0 Å². The maximum atomic E-state index is 10.2. The molecule has 1 saturated heterocycles. The van der Waals surface area contributed by atoms with Gasteiger partial charge in [-0.3, -0.25) is 4.68 Å². The zero-order valence-corrected chi connectivity index (χ0v) is 10.1. The van der Waals surface area contributed by atoms with E-state index in [2.05, 4.69) is 12.0 Å². The molecular formula is C11H18N2OS. The molecule has 15 heavy (non-hydrogen) atoms. The predicted octanol–water partition coefficient (Wildman–Crippen LogP) is 1.61. The van der Waals surface area contributed by atoms with Gasteiger partial charge in [-0.1, -0.05) is 0 Å². The van der Waals surface area contributed by atoms with Crippen molar-refractivity contribution >= 4 is 11.8 Å². The second-order valence-corrected chi connectivity index (χ2v) is 6.09. The molecule has 0 aliphatic carbocycles. The first-order chi connectivity index (χ1) is 7.10. The Kier molecular flexibility index (Phi) is 3.07. The molecule has 0 amide bonds. The fraction of sp³-hybridized carbons (Fsp3) is 0.727. The van der Waals surface area contributed by atoms with Crippen LogP contribution < -0.4 is 0 Å². The second kappa shape index (κ2) is 4.18. The van der Waals surface area contributed by atoms with Crippen molar-refractivity contribution in [2.75, 3.05) is 5.75 Å². The van der Waals surface area contributed by atoms with Crippen molar-refractivity contribution in [3.05, 3.63) is 18.0 Å². The van der Waals surface area contributed by atoms with Crippen molar-refractivity contribution in [3.63, 3.8) is 0 Å². The van der Waals surface area contributed by atoms with Gasteiger partial charge in [0, 0.05) is 24.4 Å². The SMILES string of the molecule is Cn1ccc(CC(O)C2(C)CCCS2)n1. The van der Waals surface area contributed by atoms with E-state index >= 15 is 0 Å². The van der Waals surface area contributed by atoms with E-state index in [4.69, 9.17) is 0 Å². The minimum atomic E-state index is -0.278. The fourth-order valence-corrected chi connectivity index (χ4v) is 3.37. The van der Waals surface area contributed by atoms with Gasteiger partial charge in [-0.05, 0) is 31.6 Å². The van der Waals surface area contributed by atoms with Crippen LogP contribution in [-0.2, 0) is 13.5 Å². The summed E-state index contributed by atoms with van der Waals surface area (Å²) in [6, 6.07) is 1.98. The molecule has 1 N–H and O–H groups in total. The van der Waals surface area contributed by atoms with Gasteiger partial charge >= 0.3 is 0 Å². The van der Waals surface area contributed by atoms with Crippen molar-refractivity contribution in [3.8, 4) is 0 Å². The van der Waals surface area contributed by atoms with E-state index in [9.17, 15) is 5.11 Å². The highest BCUT2D eigenvalue weighted by molar-refractivity contribution is 8.00. The monoisotopic (exact) mass is 226 g/mol. The molecule has 1 fully saturated rings. The van der Waals surface area contributed by atoms with Crippen LogP contribution in [0.3, 0.4) is 0 Å². The molecule has 0 radical (unpaired) electrons. The van der Waals surface area contributed by atoms with E-state index < -0.39 is 0 Å². The number of aryl methyl sites for hydroxylation is 1. The van der Waals surface area contributed by atoms with Gasteiger partial charge in [0.15, 0.2) is 0 Å². The lowest BCUT2D eigenvalue weighted by atomic mass is 9.95. The van der Waals surface area contributed by atoms with Crippen LogP contribution in [-0.4, -0.2) is 31.5 Å². The van der Waals surface area contributed by atoms with Crippen molar-refractivity contribution in [1.29, 1.82) is 0 Å². The summed E-state index contributed by atoms with van der Waals surface area (Å²) < 4.78 is 1.82. The molecule has 2 heterocycles. The zero-order valence-electron chi connectivity index (χ0n) is 9.31. The van der Waals surface area contributed by atoms with E-state index in [0.717, 1.165) is 12.1 Å². The lowest BCUT2D eigenvalue weighted by molar-refractivity contribution is 0.132. The number of aliphatic hydroxyl groups is 1. The number of rotatable bonds is 3. The molecule has 84 valence electrons. The third kappa shape index (κ3) is 2.37. The molecular weight excluding hydrogens is 208 g/mol. The number of aliphatic hydroxyl groups excluding tert-OH is 1. The Bertz CT molecular complexity index is 331. The van der Waals surface area contributed by atoms with Crippen LogP contribution in [0.4, 0.5) is 0 Å². The summed E-state index contributed by atoms with van der Waals surface area (Å²) in [5.41, 5.74) is 0.985. The van der Waals surface area contributed by atoms with E-state index in [-0.39, 0.29) is 10.9 Å². The predicted molar refractivity (Wildman–Crippen MR) is 63.0 cm³/mol. The standard InChI is InChI=1S/C11H18N2OS/c1-11(5-3-7-15-11)10(14)8-9-4-6-13(2)12-9/h4,6,10,14H,3,5,7-8H2,1-2H3. The van der Waals surface area contributed by atoms with E-state index in [0.29, 0.717) is 6.42 Å². The summed E-state index contributed by atoms with van der Waals surface area (Å²) in [5, 5.41) is 14.5. The van der Waals surface area contributed by atoms with Gasteiger partial charge in [-0.25, -0.2) is 0 Å².